The molecule has 5 nitrogen and oxygen atoms in total. The van der Waals surface area contributed by atoms with E-state index in [-0.39, 0.29) is 5.91 Å². The highest BCUT2D eigenvalue weighted by Gasteiger charge is 2.23. The second-order valence-corrected chi connectivity index (χ2v) is 4.06. The number of carbonyl (C=O) groups excluding carboxylic acids is 1. The predicted molar refractivity (Wildman–Crippen MR) is 59.3 cm³/mol. The Kier molecular flexibility index (Phi) is 3.24. The van der Waals surface area contributed by atoms with Crippen LogP contribution in [0.25, 0.3) is 0 Å². The fourth-order valence-corrected chi connectivity index (χ4v) is 1.89. The van der Waals surface area contributed by atoms with E-state index in [4.69, 9.17) is 4.52 Å². The predicted octanol–water partition coefficient (Wildman–Crippen LogP) is 0.761. The number of amides is 1. The molecule has 2 rings (SSSR count). The molecule has 1 fully saturated rings. The molecule has 88 valence electrons. The van der Waals surface area contributed by atoms with E-state index in [1.54, 1.807) is 6.07 Å². The summed E-state index contributed by atoms with van der Waals surface area (Å²) in [6, 6.07) is 1.69. The molecule has 0 aliphatic carbocycles. The Morgan fingerprint density at radius 1 is 1.44 bits per heavy atom. The number of nitrogens with zero attached hydrogens (tertiary/aromatic N) is 3. The van der Waals surface area contributed by atoms with Crippen molar-refractivity contribution in [2.24, 2.45) is 0 Å². The normalized spacial score (nSPS) is 17.8. The van der Waals surface area contributed by atoms with Gasteiger partial charge in [-0.1, -0.05) is 12.1 Å². The van der Waals surface area contributed by atoms with Crippen LogP contribution in [0.15, 0.2) is 10.6 Å². The third-order valence-electron chi connectivity index (χ3n) is 2.95. The Labute approximate surface area is 95.0 Å². The molecule has 0 atom stereocenters. The number of aromatic nitrogens is 1. The monoisotopic (exact) mass is 223 g/mol. The van der Waals surface area contributed by atoms with Crippen molar-refractivity contribution in [3.8, 4) is 0 Å². The molecule has 0 radical (unpaired) electrons. The van der Waals surface area contributed by atoms with Crippen LogP contribution in [0.2, 0.25) is 0 Å². The fourth-order valence-electron chi connectivity index (χ4n) is 1.89. The number of carbonyl (C=O) groups is 1. The highest BCUT2D eigenvalue weighted by atomic mass is 16.5. The van der Waals surface area contributed by atoms with Crippen molar-refractivity contribution >= 4 is 5.91 Å². The zero-order chi connectivity index (χ0) is 11.5. The number of piperazine rings is 1. The van der Waals surface area contributed by atoms with Crippen LogP contribution in [0.3, 0.4) is 0 Å². The largest absolute Gasteiger partial charge is 0.351 e. The van der Waals surface area contributed by atoms with Crippen molar-refractivity contribution in [2.75, 3.05) is 32.7 Å². The van der Waals surface area contributed by atoms with Gasteiger partial charge in [0.2, 0.25) is 5.76 Å². The summed E-state index contributed by atoms with van der Waals surface area (Å²) < 4.78 is 4.98. The van der Waals surface area contributed by atoms with Gasteiger partial charge in [0.1, 0.15) is 0 Å². The SMILES string of the molecule is CCN1CCN(C(=O)c2cc(C)no2)CC1. The lowest BCUT2D eigenvalue weighted by molar-refractivity contribution is 0.0603. The minimum atomic E-state index is -0.0450. The lowest BCUT2D eigenvalue weighted by Crippen LogP contribution is -2.48. The van der Waals surface area contributed by atoms with Crippen LogP contribution in [0, 0.1) is 6.92 Å². The van der Waals surface area contributed by atoms with Crippen LogP contribution >= 0.6 is 0 Å². The number of aryl methyl sites for hydroxylation is 1. The highest BCUT2D eigenvalue weighted by molar-refractivity contribution is 5.91. The molecular formula is C11H17N3O2. The topological polar surface area (TPSA) is 49.6 Å². The lowest BCUT2D eigenvalue weighted by Gasteiger charge is -2.33. The molecule has 1 amide bonds. The minimum absolute atomic E-state index is 0.0450. The summed E-state index contributed by atoms with van der Waals surface area (Å²) in [4.78, 5) is 16.1. The number of rotatable bonds is 2. The smallest absolute Gasteiger partial charge is 0.292 e. The molecule has 0 bridgehead atoms. The molecule has 0 spiro atoms. The van der Waals surface area contributed by atoms with Crippen molar-refractivity contribution in [1.82, 2.24) is 15.0 Å². The molecule has 1 saturated heterocycles. The van der Waals surface area contributed by atoms with Gasteiger partial charge in [0, 0.05) is 32.2 Å². The van der Waals surface area contributed by atoms with E-state index >= 15 is 0 Å². The second kappa shape index (κ2) is 4.65. The van der Waals surface area contributed by atoms with Gasteiger partial charge in [-0.15, -0.1) is 0 Å². The van der Waals surface area contributed by atoms with Gasteiger partial charge < -0.3 is 14.3 Å². The molecule has 1 aliphatic rings. The highest BCUT2D eigenvalue weighted by Crippen LogP contribution is 2.09. The van der Waals surface area contributed by atoms with E-state index in [1.807, 2.05) is 11.8 Å². The van der Waals surface area contributed by atoms with Crippen molar-refractivity contribution in [3.05, 3.63) is 17.5 Å². The van der Waals surface area contributed by atoms with Crippen LogP contribution < -0.4 is 0 Å². The first-order chi connectivity index (χ1) is 7.70. The summed E-state index contributed by atoms with van der Waals surface area (Å²) in [7, 11) is 0. The van der Waals surface area contributed by atoms with Gasteiger partial charge in [-0.3, -0.25) is 4.79 Å². The standard InChI is InChI=1S/C11H17N3O2/c1-3-13-4-6-14(7-5-13)11(15)10-8-9(2)12-16-10/h8H,3-7H2,1-2H3. The third kappa shape index (κ3) is 2.24. The first-order valence-corrected chi connectivity index (χ1v) is 5.65. The summed E-state index contributed by atoms with van der Waals surface area (Å²) >= 11 is 0. The third-order valence-corrected chi connectivity index (χ3v) is 2.95. The minimum Gasteiger partial charge on any atom is -0.351 e. The molecule has 1 aromatic heterocycles. The van der Waals surface area contributed by atoms with E-state index in [0.717, 1.165) is 38.4 Å². The second-order valence-electron chi connectivity index (χ2n) is 4.06. The molecule has 16 heavy (non-hydrogen) atoms. The molecule has 1 aromatic rings. The summed E-state index contributed by atoms with van der Waals surface area (Å²) in [5, 5.41) is 3.73. The Balaban J connectivity index is 1.96. The van der Waals surface area contributed by atoms with Crippen molar-refractivity contribution in [3.63, 3.8) is 0 Å². The lowest BCUT2D eigenvalue weighted by atomic mass is 10.3. The van der Waals surface area contributed by atoms with Crippen molar-refractivity contribution in [1.29, 1.82) is 0 Å². The van der Waals surface area contributed by atoms with E-state index < -0.39 is 0 Å². The maximum absolute atomic E-state index is 12.0. The van der Waals surface area contributed by atoms with E-state index in [1.165, 1.54) is 0 Å². The zero-order valence-electron chi connectivity index (χ0n) is 9.77. The fraction of sp³-hybridized carbons (Fsp3) is 0.636. The summed E-state index contributed by atoms with van der Waals surface area (Å²) in [6.07, 6.45) is 0. The van der Waals surface area contributed by atoms with Gasteiger partial charge in [-0.25, -0.2) is 0 Å². The molecule has 0 unspecified atom stereocenters. The molecule has 0 N–H and O–H groups in total. The van der Waals surface area contributed by atoms with Gasteiger partial charge in [-0.2, -0.15) is 0 Å². The molecule has 0 aromatic carbocycles. The number of likely N-dealkylation sites (N-methyl/N-ethyl adjacent to an activating group) is 1. The number of hydrogen-bond donors (Lipinski definition) is 0. The molecule has 1 aliphatic heterocycles. The molecular weight excluding hydrogens is 206 g/mol. The van der Waals surface area contributed by atoms with E-state index in [0.29, 0.717) is 5.76 Å². The molecule has 0 saturated carbocycles. The Bertz CT molecular complexity index is 367. The molecule has 2 heterocycles. The Hall–Kier alpha value is -1.36. The van der Waals surface area contributed by atoms with Crippen molar-refractivity contribution in [2.45, 2.75) is 13.8 Å². The van der Waals surface area contributed by atoms with Gasteiger partial charge in [0.15, 0.2) is 0 Å². The van der Waals surface area contributed by atoms with Gasteiger partial charge >= 0.3 is 0 Å². The zero-order valence-corrected chi connectivity index (χ0v) is 9.77. The summed E-state index contributed by atoms with van der Waals surface area (Å²) in [5.74, 6) is 0.304. The quantitative estimate of drug-likeness (QED) is 0.742. The van der Waals surface area contributed by atoms with Gasteiger partial charge in [0.05, 0.1) is 5.69 Å². The molecule has 5 heteroatoms. The van der Waals surface area contributed by atoms with Crippen LogP contribution in [0.1, 0.15) is 23.2 Å². The van der Waals surface area contributed by atoms with Crippen molar-refractivity contribution < 1.29 is 9.32 Å². The summed E-state index contributed by atoms with van der Waals surface area (Å²) in [5.41, 5.74) is 0.746. The van der Waals surface area contributed by atoms with Gasteiger partial charge in [-0.05, 0) is 13.5 Å². The van der Waals surface area contributed by atoms with Crippen LogP contribution in [-0.4, -0.2) is 53.6 Å². The van der Waals surface area contributed by atoms with Crippen LogP contribution in [0.5, 0.6) is 0 Å². The number of hydrogen-bond acceptors (Lipinski definition) is 4. The van der Waals surface area contributed by atoms with Crippen LogP contribution in [-0.2, 0) is 0 Å². The maximum Gasteiger partial charge on any atom is 0.292 e. The Morgan fingerprint density at radius 2 is 2.12 bits per heavy atom. The maximum atomic E-state index is 12.0. The Morgan fingerprint density at radius 3 is 2.62 bits per heavy atom. The summed E-state index contributed by atoms with van der Waals surface area (Å²) in [6.45, 7) is 8.42. The average molecular weight is 223 g/mol. The van der Waals surface area contributed by atoms with Crippen LogP contribution in [0.4, 0.5) is 0 Å². The average Bonchev–Trinajstić information content (AvgIpc) is 2.75. The van der Waals surface area contributed by atoms with E-state index in [9.17, 15) is 4.79 Å². The van der Waals surface area contributed by atoms with Gasteiger partial charge in [0.25, 0.3) is 5.91 Å². The first kappa shape index (κ1) is 11.1. The van der Waals surface area contributed by atoms with E-state index in [2.05, 4.69) is 17.0 Å². The first-order valence-electron chi connectivity index (χ1n) is 5.65.